The first-order valence-electron chi connectivity index (χ1n) is 3.98. The second-order valence-electron chi connectivity index (χ2n) is 3.73. The Balaban J connectivity index is 3.02. The lowest BCUT2D eigenvalue weighted by Crippen LogP contribution is -2.13. The van der Waals surface area contributed by atoms with E-state index >= 15 is 0 Å². The Labute approximate surface area is 72.5 Å². The summed E-state index contributed by atoms with van der Waals surface area (Å²) in [6, 6.07) is 0. The summed E-state index contributed by atoms with van der Waals surface area (Å²) in [7, 11) is 0. The molecule has 0 aromatic carbocycles. The molecule has 0 aliphatic rings. The average Bonchev–Trinajstić information content (AvgIpc) is 2.31. The van der Waals surface area contributed by atoms with Crippen LogP contribution >= 0.6 is 11.3 Å². The molecule has 62 valence electrons. The predicted octanol–water partition coefficient (Wildman–Crippen LogP) is 3.00. The van der Waals surface area contributed by atoms with Gasteiger partial charge in [0, 0.05) is 10.3 Å². The second-order valence-corrected chi connectivity index (χ2v) is 4.67. The minimum atomic E-state index is 0.214. The number of hydrogen-bond acceptors (Lipinski definition) is 2. The van der Waals surface area contributed by atoms with E-state index in [-0.39, 0.29) is 5.41 Å². The Morgan fingerprint density at radius 3 is 2.45 bits per heavy atom. The molecule has 0 amide bonds. The van der Waals surface area contributed by atoms with Crippen LogP contribution in [0.2, 0.25) is 0 Å². The van der Waals surface area contributed by atoms with Gasteiger partial charge in [0.25, 0.3) is 0 Å². The van der Waals surface area contributed by atoms with Crippen LogP contribution in [0.1, 0.15) is 38.3 Å². The maximum atomic E-state index is 4.38. The van der Waals surface area contributed by atoms with E-state index in [9.17, 15) is 0 Å². The fourth-order valence-electron chi connectivity index (χ4n) is 1.13. The van der Waals surface area contributed by atoms with Crippen LogP contribution in [-0.4, -0.2) is 4.98 Å². The van der Waals surface area contributed by atoms with Gasteiger partial charge in [-0.1, -0.05) is 27.7 Å². The fraction of sp³-hybridized carbons (Fsp3) is 0.667. The lowest BCUT2D eigenvalue weighted by molar-refractivity contribution is 0.567. The summed E-state index contributed by atoms with van der Waals surface area (Å²) in [6.45, 7) is 8.81. The largest absolute Gasteiger partial charge is 0.249 e. The molecule has 0 saturated carbocycles. The first kappa shape index (κ1) is 8.72. The summed E-state index contributed by atoms with van der Waals surface area (Å²) in [5.74, 6) is 0. The third-order valence-corrected chi connectivity index (χ3v) is 2.65. The van der Waals surface area contributed by atoms with Crippen molar-refractivity contribution in [2.45, 2.75) is 39.5 Å². The van der Waals surface area contributed by atoms with Crippen molar-refractivity contribution in [3.8, 4) is 0 Å². The lowest BCUT2D eigenvalue weighted by Gasteiger charge is -2.16. The summed E-state index contributed by atoms with van der Waals surface area (Å²) >= 11 is 1.77. The highest BCUT2D eigenvalue weighted by atomic mass is 32.1. The molecule has 11 heavy (non-hydrogen) atoms. The highest BCUT2D eigenvalue weighted by Crippen LogP contribution is 2.26. The molecule has 0 spiro atoms. The Bertz CT molecular complexity index is 232. The second kappa shape index (κ2) is 2.94. The molecule has 2 heteroatoms. The smallest absolute Gasteiger partial charge is 0.0797 e. The zero-order valence-corrected chi connectivity index (χ0v) is 8.46. The van der Waals surface area contributed by atoms with E-state index in [0.717, 1.165) is 6.42 Å². The molecule has 1 rings (SSSR count). The Kier molecular flexibility index (Phi) is 2.33. The first-order valence-corrected chi connectivity index (χ1v) is 4.86. The van der Waals surface area contributed by atoms with Crippen molar-refractivity contribution < 1.29 is 0 Å². The molecule has 0 unspecified atom stereocenters. The normalized spacial score (nSPS) is 12.0. The average molecular weight is 169 g/mol. The van der Waals surface area contributed by atoms with E-state index in [1.165, 1.54) is 10.6 Å². The number of rotatable bonds is 1. The molecule has 0 fully saturated rings. The van der Waals surface area contributed by atoms with Crippen LogP contribution in [0.5, 0.6) is 0 Å². The van der Waals surface area contributed by atoms with Gasteiger partial charge in [-0.15, -0.1) is 11.3 Å². The van der Waals surface area contributed by atoms with Gasteiger partial charge in [0.2, 0.25) is 0 Å². The third kappa shape index (κ3) is 1.80. The van der Waals surface area contributed by atoms with Crippen molar-refractivity contribution in [2.24, 2.45) is 0 Å². The summed E-state index contributed by atoms with van der Waals surface area (Å²) in [6.07, 6.45) is 1.11. The van der Waals surface area contributed by atoms with Gasteiger partial charge in [0.1, 0.15) is 0 Å². The maximum absolute atomic E-state index is 4.38. The number of aryl methyl sites for hydroxylation is 1. The highest BCUT2D eigenvalue weighted by molar-refractivity contribution is 7.09. The van der Waals surface area contributed by atoms with Crippen LogP contribution in [0.25, 0.3) is 0 Å². The minimum Gasteiger partial charge on any atom is -0.249 e. The Morgan fingerprint density at radius 2 is 2.09 bits per heavy atom. The van der Waals surface area contributed by atoms with Crippen LogP contribution in [0.15, 0.2) is 5.51 Å². The molecule has 0 bridgehead atoms. The fourth-order valence-corrected chi connectivity index (χ4v) is 2.06. The standard InChI is InChI=1S/C9H15NS/c1-5-7-8(9(2,3)4)10-6-11-7/h6H,5H2,1-4H3. The van der Waals surface area contributed by atoms with Gasteiger partial charge in [-0.3, -0.25) is 0 Å². The molecule has 0 radical (unpaired) electrons. The Morgan fingerprint density at radius 1 is 1.45 bits per heavy atom. The van der Waals surface area contributed by atoms with Gasteiger partial charge in [-0.25, -0.2) is 4.98 Å². The SMILES string of the molecule is CCc1scnc1C(C)(C)C. The predicted molar refractivity (Wildman–Crippen MR) is 50.2 cm³/mol. The zero-order valence-electron chi connectivity index (χ0n) is 7.64. The lowest BCUT2D eigenvalue weighted by atomic mass is 9.91. The van der Waals surface area contributed by atoms with E-state index in [4.69, 9.17) is 0 Å². The van der Waals surface area contributed by atoms with Crippen molar-refractivity contribution in [3.05, 3.63) is 16.1 Å². The molecule has 0 aliphatic carbocycles. The Hall–Kier alpha value is -0.370. The maximum Gasteiger partial charge on any atom is 0.0797 e. The van der Waals surface area contributed by atoms with Gasteiger partial charge < -0.3 is 0 Å². The van der Waals surface area contributed by atoms with Gasteiger partial charge in [-0.05, 0) is 6.42 Å². The van der Waals surface area contributed by atoms with Gasteiger partial charge >= 0.3 is 0 Å². The van der Waals surface area contributed by atoms with Crippen molar-refractivity contribution >= 4 is 11.3 Å². The molecule has 0 saturated heterocycles. The number of thiazole rings is 1. The quantitative estimate of drug-likeness (QED) is 0.629. The topological polar surface area (TPSA) is 12.9 Å². The van der Waals surface area contributed by atoms with Crippen LogP contribution in [0.3, 0.4) is 0 Å². The summed E-state index contributed by atoms with van der Waals surface area (Å²) in [5, 5.41) is 0. The van der Waals surface area contributed by atoms with Crippen LogP contribution in [0.4, 0.5) is 0 Å². The van der Waals surface area contributed by atoms with Crippen LogP contribution < -0.4 is 0 Å². The molecular formula is C9H15NS. The van der Waals surface area contributed by atoms with Crippen molar-refractivity contribution in [1.82, 2.24) is 4.98 Å². The van der Waals surface area contributed by atoms with E-state index in [1.54, 1.807) is 11.3 Å². The van der Waals surface area contributed by atoms with Crippen LogP contribution in [0, 0.1) is 0 Å². The third-order valence-electron chi connectivity index (χ3n) is 1.67. The van der Waals surface area contributed by atoms with Crippen molar-refractivity contribution in [1.29, 1.82) is 0 Å². The summed E-state index contributed by atoms with van der Waals surface area (Å²) in [5.41, 5.74) is 3.43. The van der Waals surface area contributed by atoms with E-state index in [1.807, 2.05) is 5.51 Å². The molecular weight excluding hydrogens is 154 g/mol. The van der Waals surface area contributed by atoms with Crippen molar-refractivity contribution in [3.63, 3.8) is 0 Å². The summed E-state index contributed by atoms with van der Waals surface area (Å²) < 4.78 is 0. The van der Waals surface area contributed by atoms with Crippen molar-refractivity contribution in [2.75, 3.05) is 0 Å². The number of aromatic nitrogens is 1. The minimum absolute atomic E-state index is 0.214. The van der Waals surface area contributed by atoms with Gasteiger partial charge in [0.15, 0.2) is 0 Å². The molecule has 0 aliphatic heterocycles. The highest BCUT2D eigenvalue weighted by Gasteiger charge is 2.19. The number of nitrogens with zero attached hydrogens (tertiary/aromatic N) is 1. The van der Waals surface area contributed by atoms with E-state index < -0.39 is 0 Å². The summed E-state index contributed by atoms with van der Waals surface area (Å²) in [4.78, 5) is 5.81. The van der Waals surface area contributed by atoms with E-state index in [2.05, 4.69) is 32.7 Å². The van der Waals surface area contributed by atoms with Crippen LogP contribution in [-0.2, 0) is 11.8 Å². The molecule has 1 nitrogen and oxygen atoms in total. The molecule has 0 N–H and O–H groups in total. The van der Waals surface area contributed by atoms with E-state index in [0.29, 0.717) is 0 Å². The molecule has 1 heterocycles. The van der Waals surface area contributed by atoms with Gasteiger partial charge in [0.05, 0.1) is 11.2 Å². The molecule has 0 atom stereocenters. The number of hydrogen-bond donors (Lipinski definition) is 0. The molecule has 1 aromatic rings. The zero-order chi connectivity index (χ0) is 8.48. The van der Waals surface area contributed by atoms with Gasteiger partial charge in [-0.2, -0.15) is 0 Å². The molecule has 1 aromatic heterocycles. The monoisotopic (exact) mass is 169 g/mol. The first-order chi connectivity index (χ1) is 5.05.